The second-order valence-corrected chi connectivity index (χ2v) is 5.25. The van der Waals surface area contributed by atoms with Crippen LogP contribution in [-0.4, -0.2) is 30.6 Å². The zero-order valence-corrected chi connectivity index (χ0v) is 11.7. The lowest BCUT2D eigenvalue weighted by atomic mass is 9.90. The highest BCUT2D eigenvalue weighted by molar-refractivity contribution is 5.95. The maximum absolute atomic E-state index is 11.9. The quantitative estimate of drug-likeness (QED) is 0.845. The van der Waals surface area contributed by atoms with Gasteiger partial charge in [-0.15, -0.1) is 0 Å². The first kappa shape index (κ1) is 13.2. The highest BCUT2D eigenvalue weighted by atomic mass is 16.5. The van der Waals surface area contributed by atoms with Crippen molar-refractivity contribution in [1.82, 2.24) is 10.3 Å². The number of nitrogens with one attached hydrogen (secondary N) is 2. The van der Waals surface area contributed by atoms with Crippen molar-refractivity contribution in [2.75, 3.05) is 19.7 Å². The van der Waals surface area contributed by atoms with Crippen LogP contribution in [0.1, 0.15) is 41.6 Å². The van der Waals surface area contributed by atoms with E-state index in [-0.39, 0.29) is 5.97 Å². The van der Waals surface area contributed by atoms with Crippen LogP contribution in [0, 0.1) is 0 Å². The van der Waals surface area contributed by atoms with Crippen LogP contribution in [0.2, 0.25) is 0 Å². The van der Waals surface area contributed by atoms with Gasteiger partial charge >= 0.3 is 5.97 Å². The lowest BCUT2D eigenvalue weighted by Gasteiger charge is -2.22. The van der Waals surface area contributed by atoms with Crippen LogP contribution in [0.5, 0.6) is 0 Å². The monoisotopic (exact) mass is 272 g/mol. The standard InChI is InChI=1S/C16H20N2O2/c1-2-20-16(19)12-3-4-15-13(9-12)14(10-18-15)11-5-7-17-8-6-11/h3-4,9-11,17-18H,2,5-8H2,1H3. The molecule has 1 aliphatic heterocycles. The average Bonchev–Trinajstić information content (AvgIpc) is 2.91. The number of aromatic amines is 1. The van der Waals surface area contributed by atoms with Gasteiger partial charge in [-0.1, -0.05) is 0 Å². The van der Waals surface area contributed by atoms with Gasteiger partial charge in [-0.2, -0.15) is 0 Å². The van der Waals surface area contributed by atoms with Crippen molar-refractivity contribution in [2.45, 2.75) is 25.7 Å². The predicted molar refractivity (Wildman–Crippen MR) is 79.1 cm³/mol. The van der Waals surface area contributed by atoms with Gasteiger partial charge in [-0.3, -0.25) is 0 Å². The van der Waals surface area contributed by atoms with Crippen molar-refractivity contribution in [1.29, 1.82) is 0 Å². The summed E-state index contributed by atoms with van der Waals surface area (Å²) < 4.78 is 5.08. The highest BCUT2D eigenvalue weighted by Gasteiger charge is 2.19. The molecule has 4 heteroatoms. The highest BCUT2D eigenvalue weighted by Crippen LogP contribution is 2.32. The van der Waals surface area contributed by atoms with E-state index < -0.39 is 0 Å². The summed E-state index contributed by atoms with van der Waals surface area (Å²) in [4.78, 5) is 15.2. The van der Waals surface area contributed by atoms with Gasteiger partial charge in [0.05, 0.1) is 12.2 Å². The number of H-pyrrole nitrogens is 1. The molecule has 0 unspecified atom stereocenters. The van der Waals surface area contributed by atoms with E-state index in [0.29, 0.717) is 18.1 Å². The van der Waals surface area contributed by atoms with E-state index in [4.69, 9.17) is 4.74 Å². The van der Waals surface area contributed by atoms with E-state index in [1.807, 2.05) is 25.1 Å². The van der Waals surface area contributed by atoms with E-state index in [1.54, 1.807) is 0 Å². The second kappa shape index (κ2) is 5.67. The Labute approximate surface area is 118 Å². The number of carbonyl (C=O) groups excluding carboxylic acids is 1. The molecule has 0 amide bonds. The first-order valence-electron chi connectivity index (χ1n) is 7.28. The number of rotatable bonds is 3. The summed E-state index contributed by atoms with van der Waals surface area (Å²) in [6.07, 6.45) is 4.39. The molecular weight excluding hydrogens is 252 g/mol. The predicted octanol–water partition coefficient (Wildman–Crippen LogP) is 2.81. The summed E-state index contributed by atoms with van der Waals surface area (Å²) >= 11 is 0. The van der Waals surface area contributed by atoms with E-state index in [9.17, 15) is 4.79 Å². The largest absolute Gasteiger partial charge is 0.462 e. The van der Waals surface area contributed by atoms with Crippen molar-refractivity contribution < 1.29 is 9.53 Å². The molecule has 0 spiro atoms. The molecule has 20 heavy (non-hydrogen) atoms. The number of hydrogen-bond acceptors (Lipinski definition) is 3. The maximum atomic E-state index is 11.9. The molecule has 2 heterocycles. The summed E-state index contributed by atoms with van der Waals surface area (Å²) in [5.41, 5.74) is 3.05. The Morgan fingerprint density at radius 3 is 2.90 bits per heavy atom. The topological polar surface area (TPSA) is 54.1 Å². The molecule has 106 valence electrons. The number of piperidine rings is 1. The molecule has 0 saturated carbocycles. The molecule has 2 N–H and O–H groups in total. The average molecular weight is 272 g/mol. The third kappa shape index (κ3) is 2.43. The van der Waals surface area contributed by atoms with Crippen molar-refractivity contribution in [3.8, 4) is 0 Å². The van der Waals surface area contributed by atoms with Crippen LogP contribution < -0.4 is 5.32 Å². The number of hydrogen-bond donors (Lipinski definition) is 2. The molecule has 1 saturated heterocycles. The van der Waals surface area contributed by atoms with Gasteiger partial charge in [0, 0.05) is 17.1 Å². The van der Waals surface area contributed by atoms with E-state index in [2.05, 4.69) is 16.5 Å². The molecule has 1 aromatic carbocycles. The molecule has 1 aliphatic rings. The Hall–Kier alpha value is -1.81. The minimum absolute atomic E-state index is 0.244. The number of benzene rings is 1. The normalized spacial score (nSPS) is 16.4. The van der Waals surface area contributed by atoms with Gasteiger partial charge in [-0.05, 0) is 62.5 Å². The molecule has 0 radical (unpaired) electrons. The van der Waals surface area contributed by atoms with Crippen molar-refractivity contribution >= 4 is 16.9 Å². The van der Waals surface area contributed by atoms with Crippen LogP contribution in [0.3, 0.4) is 0 Å². The molecule has 0 aliphatic carbocycles. The van der Waals surface area contributed by atoms with Crippen molar-refractivity contribution in [3.63, 3.8) is 0 Å². The number of fused-ring (bicyclic) bond motifs is 1. The van der Waals surface area contributed by atoms with E-state index >= 15 is 0 Å². The fraction of sp³-hybridized carbons (Fsp3) is 0.438. The maximum Gasteiger partial charge on any atom is 0.338 e. The Morgan fingerprint density at radius 2 is 2.15 bits per heavy atom. The van der Waals surface area contributed by atoms with Crippen LogP contribution in [0.4, 0.5) is 0 Å². The van der Waals surface area contributed by atoms with Gasteiger partial charge in [0.2, 0.25) is 0 Å². The molecule has 2 aromatic rings. The van der Waals surface area contributed by atoms with E-state index in [1.165, 1.54) is 5.56 Å². The van der Waals surface area contributed by atoms with Crippen LogP contribution >= 0.6 is 0 Å². The number of carbonyl (C=O) groups is 1. The molecule has 1 aromatic heterocycles. The zero-order chi connectivity index (χ0) is 13.9. The summed E-state index contributed by atoms with van der Waals surface area (Å²) in [6.45, 7) is 4.36. The van der Waals surface area contributed by atoms with Gasteiger partial charge in [-0.25, -0.2) is 4.79 Å². The Kier molecular flexibility index (Phi) is 3.74. The summed E-state index contributed by atoms with van der Waals surface area (Å²) in [5.74, 6) is 0.328. The van der Waals surface area contributed by atoms with Crippen LogP contribution in [0.15, 0.2) is 24.4 Å². The first-order valence-corrected chi connectivity index (χ1v) is 7.28. The molecule has 1 fully saturated rings. The Morgan fingerprint density at radius 1 is 1.35 bits per heavy atom. The smallest absolute Gasteiger partial charge is 0.338 e. The van der Waals surface area contributed by atoms with Gasteiger partial charge in [0.15, 0.2) is 0 Å². The fourth-order valence-corrected chi connectivity index (χ4v) is 2.95. The molecule has 0 bridgehead atoms. The Balaban J connectivity index is 1.96. The third-order valence-corrected chi connectivity index (χ3v) is 4.00. The third-order valence-electron chi connectivity index (χ3n) is 4.00. The SMILES string of the molecule is CCOC(=O)c1ccc2[nH]cc(C3CCNCC3)c2c1. The Bertz CT molecular complexity index is 612. The van der Waals surface area contributed by atoms with Gasteiger partial charge in [0.25, 0.3) is 0 Å². The van der Waals surface area contributed by atoms with Crippen molar-refractivity contribution in [2.24, 2.45) is 0 Å². The minimum atomic E-state index is -0.244. The number of ether oxygens (including phenoxy) is 1. The van der Waals surface area contributed by atoms with Crippen molar-refractivity contribution in [3.05, 3.63) is 35.5 Å². The number of esters is 1. The van der Waals surface area contributed by atoms with Gasteiger partial charge in [0.1, 0.15) is 0 Å². The van der Waals surface area contributed by atoms with Crippen LogP contribution in [-0.2, 0) is 4.74 Å². The van der Waals surface area contributed by atoms with E-state index in [0.717, 1.165) is 36.8 Å². The summed E-state index contributed by atoms with van der Waals surface area (Å²) in [5, 5.41) is 4.54. The minimum Gasteiger partial charge on any atom is -0.462 e. The molecule has 4 nitrogen and oxygen atoms in total. The first-order chi connectivity index (χ1) is 9.79. The lowest BCUT2D eigenvalue weighted by Crippen LogP contribution is -2.26. The number of aromatic nitrogens is 1. The van der Waals surface area contributed by atoms with Crippen LogP contribution in [0.25, 0.3) is 10.9 Å². The second-order valence-electron chi connectivity index (χ2n) is 5.25. The zero-order valence-electron chi connectivity index (χ0n) is 11.7. The summed E-state index contributed by atoms with van der Waals surface area (Å²) in [6, 6.07) is 5.75. The summed E-state index contributed by atoms with van der Waals surface area (Å²) in [7, 11) is 0. The van der Waals surface area contributed by atoms with Gasteiger partial charge < -0.3 is 15.0 Å². The molecule has 3 rings (SSSR count). The molecular formula is C16H20N2O2. The lowest BCUT2D eigenvalue weighted by molar-refractivity contribution is 0.0526. The fourth-order valence-electron chi connectivity index (χ4n) is 2.95. The molecule has 0 atom stereocenters.